The molecule has 0 aliphatic carbocycles. The molecule has 0 heterocycles. The van der Waals surface area contributed by atoms with Crippen molar-refractivity contribution in [3.63, 3.8) is 0 Å². The van der Waals surface area contributed by atoms with E-state index in [2.05, 4.69) is 26.1 Å². The topological polar surface area (TPSA) is 64.3 Å². The van der Waals surface area contributed by atoms with E-state index < -0.39 is 0 Å². The molecular weight excluding hydrogens is 252 g/mol. The highest BCUT2D eigenvalue weighted by Gasteiger charge is 2.07. The van der Waals surface area contributed by atoms with E-state index in [1.54, 1.807) is 12.1 Å². The van der Waals surface area contributed by atoms with Crippen LogP contribution in [0.25, 0.3) is 0 Å². The van der Waals surface area contributed by atoms with Crippen molar-refractivity contribution in [3.8, 4) is 0 Å². The van der Waals surface area contributed by atoms with Crippen LogP contribution in [0.15, 0.2) is 24.3 Å². The van der Waals surface area contributed by atoms with Gasteiger partial charge in [0.15, 0.2) is 0 Å². The molecule has 0 saturated carbocycles. The molecule has 4 nitrogen and oxygen atoms in total. The number of anilines is 2. The van der Waals surface area contributed by atoms with E-state index >= 15 is 0 Å². The summed E-state index contributed by atoms with van der Waals surface area (Å²) in [5.74, 6) is 0.609. The quantitative estimate of drug-likeness (QED) is 0.565. The molecule has 20 heavy (non-hydrogen) atoms. The third kappa shape index (κ3) is 6.57. The van der Waals surface area contributed by atoms with Crippen LogP contribution < -0.4 is 11.1 Å². The Morgan fingerprint density at radius 2 is 2.00 bits per heavy atom. The van der Waals surface area contributed by atoms with Gasteiger partial charge in [0.05, 0.1) is 17.5 Å². The Kier molecular flexibility index (Phi) is 7.09. The van der Waals surface area contributed by atoms with Gasteiger partial charge in [0, 0.05) is 13.0 Å². The van der Waals surface area contributed by atoms with Gasteiger partial charge >= 0.3 is 0 Å². The number of nitrogens with two attached hydrogens (primary N) is 1. The van der Waals surface area contributed by atoms with Crippen molar-refractivity contribution in [1.82, 2.24) is 0 Å². The molecule has 0 spiro atoms. The molecule has 1 aromatic carbocycles. The zero-order valence-corrected chi connectivity index (χ0v) is 12.7. The van der Waals surface area contributed by atoms with Gasteiger partial charge in [-0.3, -0.25) is 4.79 Å². The molecule has 0 aromatic heterocycles. The van der Waals surface area contributed by atoms with Gasteiger partial charge in [-0.15, -0.1) is 0 Å². The van der Waals surface area contributed by atoms with E-state index in [1.807, 2.05) is 12.1 Å². The summed E-state index contributed by atoms with van der Waals surface area (Å²) in [6.07, 6.45) is 2.47. The summed E-state index contributed by atoms with van der Waals surface area (Å²) in [5, 5.41) is 2.81. The lowest BCUT2D eigenvalue weighted by Crippen LogP contribution is -2.15. The maximum absolute atomic E-state index is 11.8. The Morgan fingerprint density at radius 1 is 1.30 bits per heavy atom. The van der Waals surface area contributed by atoms with Crippen LogP contribution in [0, 0.1) is 5.92 Å². The molecule has 1 atom stereocenters. The zero-order chi connectivity index (χ0) is 15.0. The number of rotatable bonds is 8. The van der Waals surface area contributed by atoms with E-state index in [0.29, 0.717) is 30.3 Å². The van der Waals surface area contributed by atoms with Crippen LogP contribution in [0.4, 0.5) is 11.4 Å². The van der Waals surface area contributed by atoms with Gasteiger partial charge in [-0.25, -0.2) is 0 Å². The fraction of sp³-hybridized carbons (Fsp3) is 0.562. The predicted molar refractivity (Wildman–Crippen MR) is 83.6 cm³/mol. The number of carbonyl (C=O) groups excluding carboxylic acids is 1. The van der Waals surface area contributed by atoms with Crippen LogP contribution in [-0.4, -0.2) is 18.6 Å². The molecule has 4 heteroatoms. The first kappa shape index (κ1) is 16.5. The smallest absolute Gasteiger partial charge is 0.224 e. The number of hydrogen-bond acceptors (Lipinski definition) is 3. The number of para-hydroxylation sites is 2. The van der Waals surface area contributed by atoms with Crippen LogP contribution >= 0.6 is 0 Å². The van der Waals surface area contributed by atoms with Crippen molar-refractivity contribution >= 4 is 17.3 Å². The van der Waals surface area contributed by atoms with E-state index in [-0.39, 0.29) is 12.0 Å². The number of benzene rings is 1. The van der Waals surface area contributed by atoms with Crippen molar-refractivity contribution in [1.29, 1.82) is 0 Å². The molecule has 3 N–H and O–H groups in total. The maximum Gasteiger partial charge on any atom is 0.224 e. The van der Waals surface area contributed by atoms with Crippen LogP contribution in [0.2, 0.25) is 0 Å². The van der Waals surface area contributed by atoms with Crippen LogP contribution in [0.5, 0.6) is 0 Å². The van der Waals surface area contributed by atoms with Crippen molar-refractivity contribution in [2.24, 2.45) is 5.92 Å². The molecule has 0 aliphatic rings. The largest absolute Gasteiger partial charge is 0.397 e. The minimum atomic E-state index is -0.0250. The molecule has 1 rings (SSSR count). The summed E-state index contributed by atoms with van der Waals surface area (Å²) in [5.41, 5.74) is 7.03. The summed E-state index contributed by atoms with van der Waals surface area (Å²) in [6.45, 7) is 7.05. The normalized spacial score (nSPS) is 12.4. The highest BCUT2D eigenvalue weighted by atomic mass is 16.5. The summed E-state index contributed by atoms with van der Waals surface area (Å²) < 4.78 is 5.67. The minimum absolute atomic E-state index is 0.0250. The second-order valence-corrected chi connectivity index (χ2v) is 5.55. The van der Waals surface area contributed by atoms with E-state index in [9.17, 15) is 4.79 Å². The molecule has 0 saturated heterocycles. The zero-order valence-electron chi connectivity index (χ0n) is 12.7. The fourth-order valence-electron chi connectivity index (χ4n) is 2.07. The number of hydrogen-bond donors (Lipinski definition) is 2. The first-order valence-electron chi connectivity index (χ1n) is 7.25. The number of ether oxygens (including phenoxy) is 1. The van der Waals surface area contributed by atoms with Gasteiger partial charge in [-0.05, 0) is 37.8 Å². The Morgan fingerprint density at radius 3 is 2.65 bits per heavy atom. The number of nitrogen functional groups attached to an aromatic ring is 1. The Labute approximate surface area is 121 Å². The molecule has 1 amide bonds. The maximum atomic E-state index is 11.8. The predicted octanol–water partition coefficient (Wildman–Crippen LogP) is 3.44. The van der Waals surface area contributed by atoms with Gasteiger partial charge < -0.3 is 15.8 Å². The lowest BCUT2D eigenvalue weighted by molar-refractivity contribution is -0.116. The molecule has 1 unspecified atom stereocenters. The summed E-state index contributed by atoms with van der Waals surface area (Å²) in [7, 11) is 0. The average molecular weight is 278 g/mol. The standard InChI is InChI=1S/C16H26N2O2/c1-12(2)11-13(3)20-10-6-9-16(19)18-15-8-5-4-7-14(15)17/h4-5,7-8,12-13H,6,9-11,17H2,1-3H3,(H,18,19). The van der Waals surface area contributed by atoms with E-state index in [1.165, 1.54) is 0 Å². The third-order valence-electron chi connectivity index (χ3n) is 2.99. The first-order chi connectivity index (χ1) is 9.49. The monoisotopic (exact) mass is 278 g/mol. The second-order valence-electron chi connectivity index (χ2n) is 5.55. The minimum Gasteiger partial charge on any atom is -0.397 e. The van der Waals surface area contributed by atoms with Crippen molar-refractivity contribution in [2.75, 3.05) is 17.7 Å². The Balaban J connectivity index is 2.19. The van der Waals surface area contributed by atoms with Crippen LogP contribution in [0.1, 0.15) is 40.0 Å². The van der Waals surface area contributed by atoms with Crippen molar-refractivity contribution in [2.45, 2.75) is 46.1 Å². The number of nitrogens with one attached hydrogen (secondary N) is 1. The average Bonchev–Trinajstić information content (AvgIpc) is 2.37. The van der Waals surface area contributed by atoms with E-state index in [0.717, 1.165) is 12.8 Å². The number of carbonyl (C=O) groups is 1. The second kappa shape index (κ2) is 8.59. The highest BCUT2D eigenvalue weighted by Crippen LogP contribution is 2.17. The summed E-state index contributed by atoms with van der Waals surface area (Å²) >= 11 is 0. The van der Waals surface area contributed by atoms with E-state index in [4.69, 9.17) is 10.5 Å². The highest BCUT2D eigenvalue weighted by molar-refractivity contribution is 5.93. The summed E-state index contributed by atoms with van der Waals surface area (Å²) in [4.78, 5) is 11.8. The van der Waals surface area contributed by atoms with Gasteiger partial charge in [0.2, 0.25) is 5.91 Å². The first-order valence-corrected chi connectivity index (χ1v) is 7.25. The van der Waals surface area contributed by atoms with Gasteiger partial charge in [0.1, 0.15) is 0 Å². The molecule has 1 aromatic rings. The summed E-state index contributed by atoms with van der Waals surface area (Å²) in [6, 6.07) is 7.26. The molecule has 0 aliphatic heterocycles. The molecule has 0 fully saturated rings. The SMILES string of the molecule is CC(C)CC(C)OCCCC(=O)Nc1ccccc1N. The van der Waals surface area contributed by atoms with Gasteiger partial charge in [0.25, 0.3) is 0 Å². The third-order valence-corrected chi connectivity index (χ3v) is 2.99. The number of amides is 1. The molecule has 0 radical (unpaired) electrons. The fourth-order valence-corrected chi connectivity index (χ4v) is 2.07. The Hall–Kier alpha value is -1.55. The van der Waals surface area contributed by atoms with Gasteiger partial charge in [-0.2, -0.15) is 0 Å². The van der Waals surface area contributed by atoms with Crippen LogP contribution in [0.3, 0.4) is 0 Å². The molecule has 112 valence electrons. The van der Waals surface area contributed by atoms with Crippen molar-refractivity contribution in [3.05, 3.63) is 24.3 Å². The lowest BCUT2D eigenvalue weighted by atomic mass is 10.1. The molecule has 0 bridgehead atoms. The van der Waals surface area contributed by atoms with Crippen LogP contribution in [-0.2, 0) is 9.53 Å². The Bertz CT molecular complexity index is 419. The lowest BCUT2D eigenvalue weighted by Gasteiger charge is -2.15. The van der Waals surface area contributed by atoms with Gasteiger partial charge in [-0.1, -0.05) is 26.0 Å². The van der Waals surface area contributed by atoms with Crippen molar-refractivity contribution < 1.29 is 9.53 Å². The molecular formula is C16H26N2O2.